The zero-order chi connectivity index (χ0) is 28.8. The van der Waals surface area contributed by atoms with Crippen molar-refractivity contribution in [3.05, 3.63) is 126 Å². The fourth-order valence-electron chi connectivity index (χ4n) is 5.27. The maximum atomic E-state index is 13.5. The number of rotatable bonds is 8. The molecule has 1 heterocycles. The Morgan fingerprint density at radius 3 is 1.71 bits per heavy atom. The predicted molar refractivity (Wildman–Crippen MR) is 154 cm³/mol. The molecule has 5 rings (SSSR count). The van der Waals surface area contributed by atoms with Gasteiger partial charge in [0.2, 0.25) is 5.91 Å². The van der Waals surface area contributed by atoms with Crippen LogP contribution in [0.2, 0.25) is 0 Å². The maximum absolute atomic E-state index is 13.5. The van der Waals surface area contributed by atoms with Gasteiger partial charge in [0.1, 0.15) is 12.3 Å². The van der Waals surface area contributed by atoms with Crippen LogP contribution >= 0.6 is 0 Å². The highest BCUT2D eigenvalue weighted by Crippen LogP contribution is 2.34. The highest BCUT2D eigenvalue weighted by molar-refractivity contribution is 5.84. The highest BCUT2D eigenvalue weighted by Gasteiger charge is 2.32. The van der Waals surface area contributed by atoms with Crippen LogP contribution in [0.1, 0.15) is 22.7 Å². The van der Waals surface area contributed by atoms with Crippen LogP contribution in [0, 0.1) is 0 Å². The number of anilines is 2. The first-order valence-corrected chi connectivity index (χ1v) is 13.5. The molecule has 5 nitrogen and oxygen atoms in total. The van der Waals surface area contributed by atoms with Crippen LogP contribution in [0.4, 0.5) is 24.5 Å². The first-order valence-electron chi connectivity index (χ1n) is 13.5. The van der Waals surface area contributed by atoms with Crippen LogP contribution in [0.15, 0.2) is 109 Å². The summed E-state index contributed by atoms with van der Waals surface area (Å²) in [6, 6.07) is 32.4. The molecule has 0 aromatic heterocycles. The Kier molecular flexibility index (Phi) is 8.59. The molecule has 0 spiro atoms. The van der Waals surface area contributed by atoms with E-state index in [0.717, 1.165) is 34.6 Å². The second-order valence-corrected chi connectivity index (χ2v) is 9.97. The summed E-state index contributed by atoms with van der Waals surface area (Å²) in [5.74, 6) is 0.726. The molecule has 0 radical (unpaired) electrons. The van der Waals surface area contributed by atoms with E-state index in [-0.39, 0.29) is 18.5 Å². The van der Waals surface area contributed by atoms with Gasteiger partial charge in [0.15, 0.2) is 0 Å². The minimum atomic E-state index is -4.40. The Morgan fingerprint density at radius 2 is 1.24 bits per heavy atom. The van der Waals surface area contributed by atoms with Crippen LogP contribution in [-0.4, -0.2) is 55.5 Å². The molecule has 1 aliphatic rings. The van der Waals surface area contributed by atoms with Crippen molar-refractivity contribution in [2.24, 2.45) is 0 Å². The third kappa shape index (κ3) is 6.72. The van der Waals surface area contributed by atoms with Gasteiger partial charge in [0.25, 0.3) is 0 Å². The fraction of sp³-hybridized carbons (Fsp3) is 0.242. The third-order valence-corrected chi connectivity index (χ3v) is 7.45. The summed E-state index contributed by atoms with van der Waals surface area (Å²) in [6.45, 7) is 2.40. The second kappa shape index (κ2) is 12.5. The number of ether oxygens (including phenoxy) is 1. The zero-order valence-electron chi connectivity index (χ0n) is 22.8. The van der Waals surface area contributed by atoms with Gasteiger partial charge in [0.05, 0.1) is 18.7 Å². The van der Waals surface area contributed by atoms with Gasteiger partial charge in [-0.1, -0.05) is 60.7 Å². The van der Waals surface area contributed by atoms with Crippen molar-refractivity contribution >= 4 is 17.3 Å². The number of carbonyl (C=O) groups excluding carboxylic acids is 1. The van der Waals surface area contributed by atoms with E-state index >= 15 is 0 Å². The Balaban J connectivity index is 1.33. The quantitative estimate of drug-likeness (QED) is 0.238. The molecule has 1 fully saturated rings. The number of nitrogens with zero attached hydrogens (tertiary/aromatic N) is 3. The Bertz CT molecular complexity index is 1370. The minimum absolute atomic E-state index is 0.0212. The standard InChI is InChI=1S/C33H32F3N3O2/c1-41-30-18-14-26(15-19-30)32(25-12-16-27(17-13-25)33(34,35)36)38-22-20-37(21-23-38)31(40)24-39(28-8-4-2-5-9-28)29-10-6-3-7-11-29/h2-19,32H,20-24H2,1H3. The van der Waals surface area contributed by atoms with Crippen molar-refractivity contribution in [2.45, 2.75) is 12.2 Å². The summed E-state index contributed by atoms with van der Waals surface area (Å²) < 4.78 is 45.0. The largest absolute Gasteiger partial charge is 0.497 e. The number of para-hydroxylation sites is 2. The van der Waals surface area contributed by atoms with E-state index in [9.17, 15) is 18.0 Å². The van der Waals surface area contributed by atoms with E-state index in [4.69, 9.17) is 4.74 Å². The Labute approximate surface area is 238 Å². The number of halogens is 3. The van der Waals surface area contributed by atoms with E-state index in [0.29, 0.717) is 31.9 Å². The van der Waals surface area contributed by atoms with Gasteiger partial charge in [-0.25, -0.2) is 0 Å². The lowest BCUT2D eigenvalue weighted by atomic mass is 9.95. The Hall–Kier alpha value is -4.30. The van der Waals surface area contributed by atoms with Gasteiger partial charge >= 0.3 is 6.18 Å². The van der Waals surface area contributed by atoms with Gasteiger partial charge in [-0.2, -0.15) is 13.2 Å². The smallest absolute Gasteiger partial charge is 0.416 e. The number of methoxy groups -OCH3 is 1. The molecular formula is C33H32F3N3O2. The molecule has 1 unspecified atom stereocenters. The van der Waals surface area contributed by atoms with Gasteiger partial charge in [0, 0.05) is 37.6 Å². The summed E-state index contributed by atoms with van der Waals surface area (Å²) in [5.41, 5.74) is 2.92. The number of hydrogen-bond donors (Lipinski definition) is 0. The minimum Gasteiger partial charge on any atom is -0.497 e. The molecule has 1 saturated heterocycles. The summed E-state index contributed by atoms with van der Waals surface area (Å²) in [5, 5.41) is 0. The number of carbonyl (C=O) groups is 1. The lowest BCUT2D eigenvalue weighted by Gasteiger charge is -2.40. The zero-order valence-corrected chi connectivity index (χ0v) is 22.8. The first-order chi connectivity index (χ1) is 19.8. The van der Waals surface area contributed by atoms with E-state index in [1.54, 1.807) is 19.2 Å². The van der Waals surface area contributed by atoms with Gasteiger partial charge in [-0.15, -0.1) is 0 Å². The average molecular weight is 560 g/mol. The number of alkyl halides is 3. The van der Waals surface area contributed by atoms with Gasteiger partial charge < -0.3 is 14.5 Å². The van der Waals surface area contributed by atoms with Crippen LogP contribution in [0.5, 0.6) is 5.75 Å². The number of piperazine rings is 1. The topological polar surface area (TPSA) is 36.0 Å². The van der Waals surface area contributed by atoms with Crippen LogP contribution in [-0.2, 0) is 11.0 Å². The van der Waals surface area contributed by atoms with E-state index < -0.39 is 11.7 Å². The number of hydrogen-bond acceptors (Lipinski definition) is 4. The predicted octanol–water partition coefficient (Wildman–Crippen LogP) is 6.79. The molecule has 0 aliphatic carbocycles. The molecule has 41 heavy (non-hydrogen) atoms. The molecule has 8 heteroatoms. The highest BCUT2D eigenvalue weighted by atomic mass is 19.4. The average Bonchev–Trinajstić information content (AvgIpc) is 3.01. The molecule has 1 amide bonds. The molecule has 212 valence electrons. The van der Waals surface area contributed by atoms with Crippen LogP contribution in [0.25, 0.3) is 0 Å². The molecular weight excluding hydrogens is 527 g/mol. The SMILES string of the molecule is COc1ccc(C(c2ccc(C(F)(F)F)cc2)N2CCN(C(=O)CN(c3ccccc3)c3ccccc3)CC2)cc1. The normalized spacial score (nSPS) is 14.9. The molecule has 4 aromatic rings. The molecule has 0 saturated carbocycles. The molecule has 1 aliphatic heterocycles. The lowest BCUT2D eigenvalue weighted by molar-refractivity contribution is -0.137. The number of amides is 1. The van der Waals surface area contributed by atoms with Crippen LogP contribution < -0.4 is 9.64 Å². The van der Waals surface area contributed by atoms with E-state index in [2.05, 4.69) is 4.90 Å². The van der Waals surface area contributed by atoms with Crippen LogP contribution in [0.3, 0.4) is 0 Å². The Morgan fingerprint density at radius 1 is 0.756 bits per heavy atom. The van der Waals surface area contributed by atoms with Gasteiger partial charge in [-0.05, 0) is 59.7 Å². The summed E-state index contributed by atoms with van der Waals surface area (Å²) >= 11 is 0. The summed E-state index contributed by atoms with van der Waals surface area (Å²) in [4.78, 5) is 19.6. The van der Waals surface area contributed by atoms with Crippen molar-refractivity contribution in [2.75, 3.05) is 44.7 Å². The third-order valence-electron chi connectivity index (χ3n) is 7.45. The monoisotopic (exact) mass is 559 g/mol. The first kappa shape index (κ1) is 28.2. The summed E-state index contributed by atoms with van der Waals surface area (Å²) in [6.07, 6.45) is -4.40. The molecule has 0 N–H and O–H groups in total. The van der Waals surface area contributed by atoms with Gasteiger partial charge in [-0.3, -0.25) is 9.69 Å². The van der Waals surface area contributed by atoms with Crippen molar-refractivity contribution < 1.29 is 22.7 Å². The number of benzene rings is 4. The van der Waals surface area contributed by atoms with Crippen molar-refractivity contribution in [1.29, 1.82) is 0 Å². The van der Waals surface area contributed by atoms with E-state index in [1.165, 1.54) is 0 Å². The maximum Gasteiger partial charge on any atom is 0.416 e. The molecule has 4 aromatic carbocycles. The summed E-state index contributed by atoms with van der Waals surface area (Å²) in [7, 11) is 1.59. The lowest BCUT2D eigenvalue weighted by Crippen LogP contribution is -2.51. The second-order valence-electron chi connectivity index (χ2n) is 9.97. The van der Waals surface area contributed by atoms with Crippen molar-refractivity contribution in [1.82, 2.24) is 9.80 Å². The van der Waals surface area contributed by atoms with Crippen molar-refractivity contribution in [3.63, 3.8) is 0 Å². The molecule has 1 atom stereocenters. The van der Waals surface area contributed by atoms with Crippen molar-refractivity contribution in [3.8, 4) is 5.75 Å². The fourth-order valence-corrected chi connectivity index (χ4v) is 5.27. The van der Waals surface area contributed by atoms with E-state index in [1.807, 2.05) is 94.7 Å². The molecule has 0 bridgehead atoms.